The molecule has 2 heterocycles. The van der Waals surface area contributed by atoms with Crippen molar-refractivity contribution in [3.05, 3.63) is 76.8 Å². The first kappa shape index (κ1) is 21.2. The molecule has 0 amide bonds. The molecule has 2 aromatic carbocycles. The molecule has 0 spiro atoms. The van der Waals surface area contributed by atoms with Gasteiger partial charge in [0.25, 0.3) is 0 Å². The van der Waals surface area contributed by atoms with Crippen LogP contribution in [-0.4, -0.2) is 32.3 Å². The van der Waals surface area contributed by atoms with Gasteiger partial charge in [-0.05, 0) is 54.0 Å². The lowest BCUT2D eigenvalue weighted by molar-refractivity contribution is -0.116. The van der Waals surface area contributed by atoms with Crippen LogP contribution < -0.4 is 10.1 Å². The third-order valence-corrected chi connectivity index (χ3v) is 6.54. The Bertz CT molecular complexity index is 1230. The van der Waals surface area contributed by atoms with Gasteiger partial charge in [0.2, 0.25) is 5.95 Å². The van der Waals surface area contributed by atoms with E-state index >= 15 is 0 Å². The fraction of sp³-hybridized carbons (Fsp3) is 0.346. The fourth-order valence-electron chi connectivity index (χ4n) is 4.82. The number of rotatable bonds is 5. The van der Waals surface area contributed by atoms with Crippen molar-refractivity contribution in [1.82, 2.24) is 14.8 Å². The summed E-state index contributed by atoms with van der Waals surface area (Å²) < 4.78 is 7.32. The molecule has 33 heavy (non-hydrogen) atoms. The second kappa shape index (κ2) is 8.39. The quantitative estimate of drug-likeness (QED) is 0.581. The Morgan fingerprint density at radius 3 is 2.64 bits per heavy atom. The predicted octanol–water partition coefficient (Wildman–Crippen LogP) is 4.92. The van der Waals surface area contributed by atoms with Crippen molar-refractivity contribution in [3.8, 4) is 11.5 Å². The highest BCUT2D eigenvalue weighted by atomic mass is 16.5. The van der Waals surface area contributed by atoms with E-state index in [1.165, 1.54) is 17.5 Å². The van der Waals surface area contributed by atoms with Crippen molar-refractivity contribution in [2.75, 3.05) is 11.9 Å². The highest BCUT2D eigenvalue weighted by Crippen LogP contribution is 2.45. The van der Waals surface area contributed by atoms with Gasteiger partial charge >= 0.3 is 0 Å². The van der Waals surface area contributed by atoms with Gasteiger partial charge in [0.15, 0.2) is 17.3 Å². The summed E-state index contributed by atoms with van der Waals surface area (Å²) >= 11 is 0. The number of aromatic hydroxyl groups is 1. The minimum absolute atomic E-state index is 0.0717. The molecule has 170 valence electrons. The number of Topliss-reactive ketones (excluding diaryl/α,β-unsaturated/α-hetero) is 1. The molecule has 0 radical (unpaired) electrons. The number of benzene rings is 2. The van der Waals surface area contributed by atoms with E-state index in [2.05, 4.69) is 53.5 Å². The van der Waals surface area contributed by atoms with Gasteiger partial charge in [-0.2, -0.15) is 10.1 Å². The van der Waals surface area contributed by atoms with Crippen molar-refractivity contribution in [2.24, 2.45) is 0 Å². The number of ether oxygens (including phenoxy) is 1. The molecular formula is C26H28N4O3. The summed E-state index contributed by atoms with van der Waals surface area (Å²) in [6.45, 7) is 6.66. The van der Waals surface area contributed by atoms with E-state index in [4.69, 9.17) is 4.74 Å². The molecule has 7 heteroatoms. The molecule has 0 bridgehead atoms. The molecule has 0 saturated carbocycles. The Hall–Kier alpha value is -3.61. The third kappa shape index (κ3) is 3.77. The molecule has 1 aliphatic carbocycles. The smallest absolute Gasteiger partial charge is 0.226 e. The Balaban J connectivity index is 1.54. The number of fused-ring (bicyclic) bond motifs is 1. The number of anilines is 1. The molecule has 3 aromatic rings. The Kier molecular flexibility index (Phi) is 5.40. The zero-order valence-electron chi connectivity index (χ0n) is 19.1. The monoisotopic (exact) mass is 444 g/mol. The first-order valence-electron chi connectivity index (χ1n) is 11.4. The van der Waals surface area contributed by atoms with Gasteiger partial charge < -0.3 is 15.2 Å². The van der Waals surface area contributed by atoms with Crippen molar-refractivity contribution >= 4 is 11.7 Å². The van der Waals surface area contributed by atoms with Gasteiger partial charge in [0.05, 0.1) is 6.61 Å². The van der Waals surface area contributed by atoms with Crippen LogP contribution in [0.3, 0.4) is 0 Å². The summed E-state index contributed by atoms with van der Waals surface area (Å²) in [7, 11) is 0. The lowest BCUT2D eigenvalue weighted by Crippen LogP contribution is -2.33. The van der Waals surface area contributed by atoms with Crippen molar-refractivity contribution < 1.29 is 14.6 Å². The van der Waals surface area contributed by atoms with Gasteiger partial charge in [0, 0.05) is 17.7 Å². The van der Waals surface area contributed by atoms with E-state index in [1.54, 1.807) is 16.8 Å². The van der Waals surface area contributed by atoms with Crippen LogP contribution in [-0.2, 0) is 4.79 Å². The van der Waals surface area contributed by atoms with Gasteiger partial charge in [-0.15, -0.1) is 0 Å². The number of allylic oxidation sites excluding steroid dienone is 2. The Labute approximate surface area is 193 Å². The summed E-state index contributed by atoms with van der Waals surface area (Å²) in [5, 5.41) is 17.9. The van der Waals surface area contributed by atoms with E-state index in [-0.39, 0.29) is 17.5 Å². The van der Waals surface area contributed by atoms with Crippen LogP contribution in [0.2, 0.25) is 0 Å². The van der Waals surface area contributed by atoms with E-state index in [0.717, 1.165) is 17.7 Å². The van der Waals surface area contributed by atoms with E-state index in [1.807, 2.05) is 13.0 Å². The topological polar surface area (TPSA) is 89.3 Å². The maximum atomic E-state index is 13.5. The summed E-state index contributed by atoms with van der Waals surface area (Å²) in [6, 6.07) is 13.4. The first-order valence-corrected chi connectivity index (χ1v) is 11.4. The summed E-state index contributed by atoms with van der Waals surface area (Å²) in [5.74, 6) is 1.75. The molecule has 1 aromatic heterocycles. The molecule has 0 unspecified atom stereocenters. The molecule has 0 fully saturated rings. The molecule has 2 aliphatic rings. The lowest BCUT2D eigenvalue weighted by atomic mass is 9.77. The zero-order valence-corrected chi connectivity index (χ0v) is 19.1. The molecule has 7 nitrogen and oxygen atoms in total. The highest BCUT2D eigenvalue weighted by Gasteiger charge is 2.39. The number of hydrogen-bond acceptors (Lipinski definition) is 6. The van der Waals surface area contributed by atoms with E-state index in [9.17, 15) is 9.90 Å². The number of aromatic nitrogens is 3. The van der Waals surface area contributed by atoms with Gasteiger partial charge in [-0.25, -0.2) is 4.68 Å². The van der Waals surface area contributed by atoms with Gasteiger partial charge in [-0.3, -0.25) is 4.79 Å². The summed E-state index contributed by atoms with van der Waals surface area (Å²) in [5.41, 5.74) is 4.89. The van der Waals surface area contributed by atoms with Crippen LogP contribution in [0.4, 0.5) is 5.95 Å². The zero-order chi connectivity index (χ0) is 23.1. The van der Waals surface area contributed by atoms with E-state index in [0.29, 0.717) is 36.2 Å². The fourth-order valence-corrected chi connectivity index (χ4v) is 4.82. The molecule has 2 atom stereocenters. The molecular weight excluding hydrogens is 416 g/mol. The van der Waals surface area contributed by atoms with Gasteiger partial charge in [-0.1, -0.05) is 44.2 Å². The number of hydrogen-bond donors (Lipinski definition) is 2. The van der Waals surface area contributed by atoms with Crippen LogP contribution in [0.1, 0.15) is 68.2 Å². The number of phenolic OH excluding ortho intramolecular Hbond substituents is 1. The Morgan fingerprint density at radius 2 is 1.91 bits per heavy atom. The minimum Gasteiger partial charge on any atom is -0.504 e. The highest BCUT2D eigenvalue weighted by molar-refractivity contribution is 6.00. The lowest BCUT2D eigenvalue weighted by Gasteiger charge is -2.35. The standard InChI is InChI=1S/C26H28N4O3/c1-4-33-23-13-18(9-10-21(23)31)25-24-20(29-26-27-14-28-30(25)26)11-19(12-22(24)32)17-7-5-16(6-8-17)15(2)3/h5-10,13-15,19,25,31H,4,11-12H2,1-3H3,(H,27,28,29)/t19-,25+/m0/s1. The summed E-state index contributed by atoms with van der Waals surface area (Å²) in [6.07, 6.45) is 2.66. The number of carbonyl (C=O) groups is 1. The van der Waals surface area contributed by atoms with Gasteiger partial charge in [0.1, 0.15) is 12.4 Å². The number of nitrogens with zero attached hydrogens (tertiary/aromatic N) is 3. The summed E-state index contributed by atoms with van der Waals surface area (Å²) in [4.78, 5) is 17.9. The predicted molar refractivity (Wildman–Crippen MR) is 126 cm³/mol. The van der Waals surface area contributed by atoms with E-state index < -0.39 is 6.04 Å². The number of phenols is 1. The average Bonchev–Trinajstić information content (AvgIpc) is 3.27. The first-order chi connectivity index (χ1) is 16.0. The number of carbonyl (C=O) groups excluding carboxylic acids is 1. The minimum atomic E-state index is -0.421. The third-order valence-electron chi connectivity index (χ3n) is 6.54. The van der Waals surface area contributed by atoms with Crippen LogP contribution in [0.25, 0.3) is 0 Å². The maximum absolute atomic E-state index is 13.5. The van der Waals surface area contributed by atoms with Crippen molar-refractivity contribution in [3.63, 3.8) is 0 Å². The van der Waals surface area contributed by atoms with Crippen LogP contribution >= 0.6 is 0 Å². The number of nitrogens with one attached hydrogen (secondary N) is 1. The molecule has 1 aliphatic heterocycles. The van der Waals surface area contributed by atoms with Crippen LogP contribution in [0.5, 0.6) is 11.5 Å². The largest absolute Gasteiger partial charge is 0.504 e. The SMILES string of the molecule is CCOc1cc([C@@H]2C3=C(C[C@H](c4ccc(C(C)C)cc4)CC3=O)Nc3ncnn32)ccc1O. The number of ketones is 1. The molecule has 0 saturated heterocycles. The second-order valence-electron chi connectivity index (χ2n) is 8.96. The van der Waals surface area contributed by atoms with Crippen LogP contribution in [0.15, 0.2) is 60.1 Å². The molecule has 2 N–H and O–H groups in total. The second-order valence-corrected chi connectivity index (χ2v) is 8.96. The Morgan fingerprint density at radius 1 is 1.15 bits per heavy atom. The van der Waals surface area contributed by atoms with Crippen LogP contribution in [0, 0.1) is 0 Å². The van der Waals surface area contributed by atoms with Crippen molar-refractivity contribution in [2.45, 2.75) is 51.5 Å². The average molecular weight is 445 g/mol. The molecule has 5 rings (SSSR count). The van der Waals surface area contributed by atoms with Crippen molar-refractivity contribution in [1.29, 1.82) is 0 Å². The normalized spacial score (nSPS) is 19.8. The maximum Gasteiger partial charge on any atom is 0.226 e.